The molecular weight excluding hydrogens is 456 g/mol. The summed E-state index contributed by atoms with van der Waals surface area (Å²) in [6.07, 6.45) is 4.30. The molecule has 4 aromatic carbocycles. The first-order chi connectivity index (χ1) is 18.3. The van der Waals surface area contributed by atoms with Gasteiger partial charge in [0.1, 0.15) is 0 Å². The molecule has 2 heterocycles. The lowest BCUT2D eigenvalue weighted by Crippen LogP contribution is -2.09. The lowest BCUT2D eigenvalue weighted by atomic mass is 10.0. The number of para-hydroxylation sites is 2. The third kappa shape index (κ3) is 3.80. The third-order valence-corrected chi connectivity index (χ3v) is 6.85. The summed E-state index contributed by atoms with van der Waals surface area (Å²) < 4.78 is 11.6. The molecule has 0 saturated carbocycles. The van der Waals surface area contributed by atoms with E-state index in [1.165, 1.54) is 22.3 Å². The second kappa shape index (κ2) is 8.92. The van der Waals surface area contributed by atoms with Gasteiger partial charge in [-0.05, 0) is 89.3 Å². The van der Waals surface area contributed by atoms with Crippen LogP contribution in [0.4, 0.5) is 34.5 Å². The van der Waals surface area contributed by atoms with Gasteiger partial charge in [0.05, 0.1) is 12.5 Å². The number of furan rings is 2. The molecule has 0 atom stereocenters. The van der Waals surface area contributed by atoms with Crippen molar-refractivity contribution in [1.29, 1.82) is 0 Å². The van der Waals surface area contributed by atoms with E-state index in [0.29, 0.717) is 0 Å². The zero-order chi connectivity index (χ0) is 24.6. The second-order valence-electron chi connectivity index (χ2n) is 9.10. The molecule has 1 aliphatic rings. The van der Waals surface area contributed by atoms with E-state index >= 15 is 0 Å². The maximum Gasteiger partial charge on any atom is 0.204 e. The molecule has 0 aliphatic heterocycles. The number of hydrogen-bond donors (Lipinski definition) is 0. The van der Waals surface area contributed by atoms with Gasteiger partial charge < -0.3 is 8.83 Å². The van der Waals surface area contributed by atoms with Crippen molar-refractivity contribution in [2.24, 2.45) is 0 Å². The summed E-state index contributed by atoms with van der Waals surface area (Å²) in [5, 5.41) is 0. The Morgan fingerprint density at radius 1 is 0.432 bits per heavy atom. The van der Waals surface area contributed by atoms with Gasteiger partial charge in [-0.2, -0.15) is 0 Å². The van der Waals surface area contributed by atoms with Crippen LogP contribution in [0.1, 0.15) is 11.1 Å². The number of hydrogen-bond acceptors (Lipinski definition) is 4. The summed E-state index contributed by atoms with van der Waals surface area (Å²) >= 11 is 0. The summed E-state index contributed by atoms with van der Waals surface area (Å²) in [5.41, 5.74) is 9.45. The van der Waals surface area contributed by atoms with Crippen LogP contribution in [0.25, 0.3) is 11.1 Å². The molecule has 0 N–H and O–H groups in total. The van der Waals surface area contributed by atoms with Gasteiger partial charge in [-0.25, -0.2) is 0 Å². The summed E-state index contributed by atoms with van der Waals surface area (Å²) in [6, 6.07) is 41.9. The minimum atomic E-state index is 0.792. The Kier molecular flexibility index (Phi) is 5.14. The first kappa shape index (κ1) is 21.3. The number of rotatable bonds is 6. The molecule has 37 heavy (non-hydrogen) atoms. The molecule has 4 nitrogen and oxygen atoms in total. The van der Waals surface area contributed by atoms with E-state index < -0.39 is 0 Å². The van der Waals surface area contributed by atoms with E-state index in [1.54, 1.807) is 12.5 Å². The molecule has 4 heteroatoms. The zero-order valence-corrected chi connectivity index (χ0v) is 20.1. The van der Waals surface area contributed by atoms with E-state index in [0.717, 1.165) is 40.9 Å². The molecule has 0 unspecified atom stereocenters. The van der Waals surface area contributed by atoms with E-state index in [4.69, 9.17) is 8.83 Å². The van der Waals surface area contributed by atoms with Crippen molar-refractivity contribution in [3.63, 3.8) is 0 Å². The number of fused-ring (bicyclic) bond motifs is 3. The predicted octanol–water partition coefficient (Wildman–Crippen LogP) is 9.38. The van der Waals surface area contributed by atoms with Gasteiger partial charge in [0.25, 0.3) is 0 Å². The number of nitrogens with zero attached hydrogens (tertiary/aromatic N) is 2. The average Bonchev–Trinajstić information content (AvgIpc) is 3.72. The Hall–Kier alpha value is -4.96. The summed E-state index contributed by atoms with van der Waals surface area (Å²) in [5.74, 6) is 1.58. The fraction of sp³-hybridized carbons (Fsp3) is 0.0303. The van der Waals surface area contributed by atoms with Gasteiger partial charge in [0.2, 0.25) is 11.8 Å². The normalized spacial score (nSPS) is 11.7. The lowest BCUT2D eigenvalue weighted by Gasteiger charge is -2.23. The standard InChI is InChI=1S/C33H24N2O2/c1-3-9-26(10-4-1)34(32-13-7-19-36-32)28-15-17-30-24(22-28)21-25-23-29(16-18-31(25)30)35(33-14-8-20-37-33)27-11-5-2-6-12-27/h1-20,22-23H,21H2. The highest BCUT2D eigenvalue weighted by Crippen LogP contribution is 2.44. The van der Waals surface area contributed by atoms with E-state index in [-0.39, 0.29) is 0 Å². The molecule has 6 aromatic rings. The Bertz CT molecular complexity index is 1520. The van der Waals surface area contributed by atoms with E-state index in [9.17, 15) is 0 Å². The van der Waals surface area contributed by atoms with Gasteiger partial charge >= 0.3 is 0 Å². The number of benzene rings is 4. The van der Waals surface area contributed by atoms with Crippen LogP contribution in [-0.4, -0.2) is 0 Å². The van der Waals surface area contributed by atoms with Crippen molar-refractivity contribution in [3.8, 4) is 11.1 Å². The van der Waals surface area contributed by atoms with Crippen LogP contribution in [0.2, 0.25) is 0 Å². The summed E-state index contributed by atoms with van der Waals surface area (Å²) in [6.45, 7) is 0. The minimum Gasteiger partial charge on any atom is -0.448 e. The molecule has 0 amide bonds. The molecule has 1 aliphatic carbocycles. The van der Waals surface area contributed by atoms with Gasteiger partial charge in [0, 0.05) is 34.9 Å². The molecular formula is C33H24N2O2. The van der Waals surface area contributed by atoms with Crippen molar-refractivity contribution < 1.29 is 8.83 Å². The first-order valence-corrected chi connectivity index (χ1v) is 12.4. The fourth-order valence-corrected chi connectivity index (χ4v) is 5.22. The van der Waals surface area contributed by atoms with Crippen LogP contribution in [0.3, 0.4) is 0 Å². The molecule has 0 radical (unpaired) electrons. The van der Waals surface area contributed by atoms with Crippen LogP contribution >= 0.6 is 0 Å². The van der Waals surface area contributed by atoms with Crippen LogP contribution in [0.15, 0.2) is 143 Å². The predicted molar refractivity (Wildman–Crippen MR) is 149 cm³/mol. The maximum absolute atomic E-state index is 5.82. The SMILES string of the molecule is c1ccc(N(c2ccc3c(c2)Cc2cc(N(c4ccccc4)c4ccco4)ccc2-3)c2ccco2)cc1. The van der Waals surface area contributed by atoms with Crippen LogP contribution in [-0.2, 0) is 6.42 Å². The van der Waals surface area contributed by atoms with Crippen LogP contribution in [0.5, 0.6) is 0 Å². The second-order valence-corrected chi connectivity index (χ2v) is 9.10. The Balaban J connectivity index is 1.27. The summed E-state index contributed by atoms with van der Waals surface area (Å²) in [4.78, 5) is 4.31. The highest BCUT2D eigenvalue weighted by Gasteiger charge is 2.24. The number of anilines is 6. The monoisotopic (exact) mass is 480 g/mol. The van der Waals surface area contributed by atoms with Crippen molar-refractivity contribution in [2.45, 2.75) is 6.42 Å². The maximum atomic E-state index is 5.82. The average molecular weight is 481 g/mol. The van der Waals surface area contributed by atoms with Crippen molar-refractivity contribution in [3.05, 3.63) is 145 Å². The Morgan fingerprint density at radius 2 is 0.892 bits per heavy atom. The highest BCUT2D eigenvalue weighted by atomic mass is 16.3. The molecule has 0 fully saturated rings. The van der Waals surface area contributed by atoms with E-state index in [2.05, 4.69) is 70.5 Å². The van der Waals surface area contributed by atoms with Crippen molar-refractivity contribution in [2.75, 3.05) is 9.80 Å². The fourth-order valence-electron chi connectivity index (χ4n) is 5.22. The quantitative estimate of drug-likeness (QED) is 0.237. The largest absolute Gasteiger partial charge is 0.448 e. The minimum absolute atomic E-state index is 0.792. The molecule has 0 saturated heterocycles. The third-order valence-electron chi connectivity index (χ3n) is 6.85. The molecule has 0 bridgehead atoms. The van der Waals surface area contributed by atoms with Gasteiger partial charge in [0.15, 0.2) is 0 Å². The topological polar surface area (TPSA) is 32.8 Å². The van der Waals surface area contributed by atoms with Gasteiger partial charge in [-0.15, -0.1) is 0 Å². The molecule has 2 aromatic heterocycles. The van der Waals surface area contributed by atoms with Gasteiger partial charge in [-0.3, -0.25) is 9.80 Å². The summed E-state index contributed by atoms with van der Waals surface area (Å²) in [7, 11) is 0. The highest BCUT2D eigenvalue weighted by molar-refractivity contribution is 5.85. The zero-order valence-electron chi connectivity index (χ0n) is 20.1. The Labute approximate surface area is 215 Å². The van der Waals surface area contributed by atoms with E-state index in [1.807, 2.05) is 60.7 Å². The van der Waals surface area contributed by atoms with Crippen molar-refractivity contribution >= 4 is 34.5 Å². The molecule has 7 rings (SSSR count). The van der Waals surface area contributed by atoms with Gasteiger partial charge in [-0.1, -0.05) is 48.5 Å². The molecule has 0 spiro atoms. The first-order valence-electron chi connectivity index (χ1n) is 12.4. The van der Waals surface area contributed by atoms with Crippen molar-refractivity contribution in [1.82, 2.24) is 0 Å². The lowest BCUT2D eigenvalue weighted by molar-refractivity contribution is 0.573. The molecule has 178 valence electrons. The Morgan fingerprint density at radius 3 is 1.30 bits per heavy atom. The smallest absolute Gasteiger partial charge is 0.204 e. The van der Waals surface area contributed by atoms with Crippen LogP contribution < -0.4 is 9.80 Å². The van der Waals surface area contributed by atoms with Crippen LogP contribution in [0, 0.1) is 0 Å².